The van der Waals surface area contributed by atoms with Crippen molar-refractivity contribution in [3.8, 4) is 0 Å². The Hall–Kier alpha value is -1.11. The molecule has 5 nitrogen and oxygen atoms in total. The molecule has 0 spiro atoms. The molecule has 0 aromatic carbocycles. The lowest BCUT2D eigenvalue weighted by atomic mass is 10.1. The Morgan fingerprint density at radius 1 is 1.43 bits per heavy atom. The van der Waals surface area contributed by atoms with Gasteiger partial charge in [0, 0.05) is 31.2 Å². The highest BCUT2D eigenvalue weighted by Crippen LogP contribution is 2.27. The van der Waals surface area contributed by atoms with Crippen LogP contribution in [0.3, 0.4) is 0 Å². The van der Waals surface area contributed by atoms with Crippen LogP contribution in [0.2, 0.25) is 0 Å². The molecule has 2 aromatic heterocycles. The Balaban J connectivity index is 1.81. The van der Waals surface area contributed by atoms with E-state index in [1.54, 1.807) is 11.3 Å². The molecule has 1 saturated heterocycles. The maximum atomic E-state index is 9.68. The molecule has 3 rings (SSSR count). The number of hydrogen-bond donors (Lipinski definition) is 2. The summed E-state index contributed by atoms with van der Waals surface area (Å²) in [6.45, 7) is 8.07. The molecule has 1 aliphatic heterocycles. The Labute approximate surface area is 129 Å². The summed E-state index contributed by atoms with van der Waals surface area (Å²) in [5, 5.41) is 15.3. The Morgan fingerprint density at radius 2 is 2.19 bits per heavy atom. The molecule has 0 radical (unpaired) electrons. The average molecular weight is 308 g/mol. The van der Waals surface area contributed by atoms with Crippen molar-refractivity contribution in [2.45, 2.75) is 39.3 Å². The third-order valence-electron chi connectivity index (χ3n) is 3.95. The standard InChI is InChI=1S/C15H24N4OS/c1-11(2)9-16-10-13-14(17-15-19(13)7-8-21-15)18-5-3-12(20)4-6-18/h7-8,11-12,16,20H,3-6,9-10H2,1-2H3. The number of aliphatic hydroxyl groups excluding tert-OH is 1. The Bertz CT molecular complexity index is 584. The third kappa shape index (κ3) is 3.22. The van der Waals surface area contributed by atoms with Gasteiger partial charge in [0.25, 0.3) is 0 Å². The van der Waals surface area contributed by atoms with Crippen molar-refractivity contribution in [2.24, 2.45) is 5.92 Å². The summed E-state index contributed by atoms with van der Waals surface area (Å²) >= 11 is 1.67. The first-order valence-electron chi connectivity index (χ1n) is 7.73. The van der Waals surface area contributed by atoms with Gasteiger partial charge < -0.3 is 15.3 Å². The van der Waals surface area contributed by atoms with Gasteiger partial charge in [-0.15, -0.1) is 11.3 Å². The molecule has 116 valence electrons. The fraction of sp³-hybridized carbons (Fsp3) is 0.667. The highest BCUT2D eigenvalue weighted by molar-refractivity contribution is 7.15. The van der Waals surface area contributed by atoms with Crippen LogP contribution < -0.4 is 10.2 Å². The molecule has 1 aliphatic rings. The fourth-order valence-electron chi connectivity index (χ4n) is 2.80. The maximum Gasteiger partial charge on any atom is 0.195 e. The molecule has 1 fully saturated rings. The van der Waals surface area contributed by atoms with Crippen molar-refractivity contribution in [1.82, 2.24) is 14.7 Å². The van der Waals surface area contributed by atoms with Crippen LogP contribution >= 0.6 is 11.3 Å². The van der Waals surface area contributed by atoms with Crippen LogP contribution in [-0.4, -0.2) is 40.2 Å². The van der Waals surface area contributed by atoms with Gasteiger partial charge in [-0.25, -0.2) is 4.98 Å². The molecule has 0 aliphatic carbocycles. The first-order valence-corrected chi connectivity index (χ1v) is 8.61. The van der Waals surface area contributed by atoms with Crippen LogP contribution in [0.5, 0.6) is 0 Å². The number of piperidine rings is 1. The first-order chi connectivity index (χ1) is 10.1. The number of fused-ring (bicyclic) bond motifs is 1. The van der Waals surface area contributed by atoms with E-state index in [-0.39, 0.29) is 6.10 Å². The van der Waals surface area contributed by atoms with E-state index >= 15 is 0 Å². The van der Waals surface area contributed by atoms with E-state index < -0.39 is 0 Å². The molecular formula is C15H24N4OS. The Kier molecular flexibility index (Phi) is 4.47. The van der Waals surface area contributed by atoms with Crippen molar-refractivity contribution in [1.29, 1.82) is 0 Å². The number of nitrogens with zero attached hydrogens (tertiary/aromatic N) is 3. The van der Waals surface area contributed by atoms with Gasteiger partial charge >= 0.3 is 0 Å². The second-order valence-corrected chi connectivity index (χ2v) is 7.05. The van der Waals surface area contributed by atoms with Crippen molar-refractivity contribution < 1.29 is 5.11 Å². The van der Waals surface area contributed by atoms with Crippen molar-refractivity contribution in [3.05, 3.63) is 17.3 Å². The highest BCUT2D eigenvalue weighted by atomic mass is 32.1. The van der Waals surface area contributed by atoms with Gasteiger partial charge in [-0.2, -0.15) is 0 Å². The molecule has 21 heavy (non-hydrogen) atoms. The van der Waals surface area contributed by atoms with Gasteiger partial charge in [0.1, 0.15) is 0 Å². The lowest BCUT2D eigenvalue weighted by Crippen LogP contribution is -2.37. The molecular weight excluding hydrogens is 284 g/mol. The zero-order valence-electron chi connectivity index (χ0n) is 12.7. The van der Waals surface area contributed by atoms with Crippen molar-refractivity contribution >= 4 is 22.1 Å². The van der Waals surface area contributed by atoms with Gasteiger partial charge in [-0.3, -0.25) is 4.40 Å². The Morgan fingerprint density at radius 3 is 2.90 bits per heavy atom. The van der Waals surface area contributed by atoms with Crippen LogP contribution in [0.25, 0.3) is 4.96 Å². The van der Waals surface area contributed by atoms with Crippen LogP contribution in [0.1, 0.15) is 32.4 Å². The van der Waals surface area contributed by atoms with Crippen LogP contribution in [0.15, 0.2) is 11.6 Å². The minimum absolute atomic E-state index is 0.146. The van der Waals surface area contributed by atoms with Crippen LogP contribution in [-0.2, 0) is 6.54 Å². The summed E-state index contributed by atoms with van der Waals surface area (Å²) in [4.78, 5) is 8.18. The molecule has 2 aromatic rings. The highest BCUT2D eigenvalue weighted by Gasteiger charge is 2.23. The van der Waals surface area contributed by atoms with Crippen molar-refractivity contribution in [2.75, 3.05) is 24.5 Å². The van der Waals surface area contributed by atoms with E-state index in [1.807, 2.05) is 0 Å². The minimum atomic E-state index is -0.146. The summed E-state index contributed by atoms with van der Waals surface area (Å²) in [6.07, 6.45) is 3.63. The van der Waals surface area contributed by atoms with E-state index in [1.165, 1.54) is 5.69 Å². The number of anilines is 1. The zero-order chi connectivity index (χ0) is 14.8. The molecule has 0 amide bonds. The SMILES string of the molecule is CC(C)CNCc1c(N2CCC(O)CC2)nc2sccn12. The quantitative estimate of drug-likeness (QED) is 0.888. The molecule has 0 saturated carbocycles. The normalized spacial score (nSPS) is 17.2. The number of aromatic nitrogens is 2. The molecule has 2 N–H and O–H groups in total. The van der Waals surface area contributed by atoms with Crippen LogP contribution in [0.4, 0.5) is 5.82 Å². The largest absolute Gasteiger partial charge is 0.393 e. The monoisotopic (exact) mass is 308 g/mol. The second kappa shape index (κ2) is 6.34. The predicted octanol–water partition coefficient (Wildman–Crippen LogP) is 2.10. The molecule has 6 heteroatoms. The van der Waals surface area contributed by atoms with E-state index in [2.05, 4.69) is 40.0 Å². The molecule has 0 bridgehead atoms. The average Bonchev–Trinajstić information content (AvgIpc) is 3.01. The molecule has 3 heterocycles. The number of thiazole rings is 1. The minimum Gasteiger partial charge on any atom is -0.393 e. The zero-order valence-corrected chi connectivity index (χ0v) is 13.6. The second-order valence-electron chi connectivity index (χ2n) is 6.18. The van der Waals surface area contributed by atoms with Gasteiger partial charge in [-0.05, 0) is 25.3 Å². The summed E-state index contributed by atoms with van der Waals surface area (Å²) in [5.41, 5.74) is 1.24. The predicted molar refractivity (Wildman–Crippen MR) is 87.1 cm³/mol. The van der Waals surface area contributed by atoms with E-state index in [4.69, 9.17) is 4.98 Å². The summed E-state index contributed by atoms with van der Waals surface area (Å²) in [7, 11) is 0. The van der Waals surface area contributed by atoms with E-state index in [0.717, 1.165) is 49.8 Å². The van der Waals surface area contributed by atoms with E-state index in [0.29, 0.717) is 5.92 Å². The number of nitrogens with one attached hydrogen (secondary N) is 1. The van der Waals surface area contributed by atoms with Gasteiger partial charge in [-0.1, -0.05) is 13.8 Å². The third-order valence-corrected chi connectivity index (χ3v) is 4.71. The number of hydrogen-bond acceptors (Lipinski definition) is 5. The smallest absolute Gasteiger partial charge is 0.195 e. The number of imidazole rings is 1. The lowest BCUT2D eigenvalue weighted by molar-refractivity contribution is 0.145. The number of aliphatic hydroxyl groups is 1. The number of rotatable bonds is 5. The van der Waals surface area contributed by atoms with Gasteiger partial charge in [0.2, 0.25) is 0 Å². The van der Waals surface area contributed by atoms with Crippen molar-refractivity contribution in [3.63, 3.8) is 0 Å². The maximum absolute atomic E-state index is 9.68. The topological polar surface area (TPSA) is 52.8 Å². The first kappa shape index (κ1) is 14.8. The summed E-state index contributed by atoms with van der Waals surface area (Å²) in [6, 6.07) is 0. The van der Waals surface area contributed by atoms with Gasteiger partial charge in [0.15, 0.2) is 10.8 Å². The summed E-state index contributed by atoms with van der Waals surface area (Å²) in [5.74, 6) is 1.73. The summed E-state index contributed by atoms with van der Waals surface area (Å²) < 4.78 is 2.19. The van der Waals surface area contributed by atoms with E-state index in [9.17, 15) is 5.11 Å². The molecule has 0 unspecified atom stereocenters. The van der Waals surface area contributed by atoms with Gasteiger partial charge in [0.05, 0.1) is 11.8 Å². The fourth-order valence-corrected chi connectivity index (χ4v) is 3.52. The molecule has 0 atom stereocenters. The lowest BCUT2D eigenvalue weighted by Gasteiger charge is -2.30. The van der Waals surface area contributed by atoms with Crippen LogP contribution in [0, 0.1) is 5.92 Å².